The minimum Gasteiger partial charge on any atom is -0.479 e. The number of carbonyl (C=O) groups excluding carboxylic acids is 1. The summed E-state index contributed by atoms with van der Waals surface area (Å²) in [4.78, 5) is 26.2. The van der Waals surface area contributed by atoms with Gasteiger partial charge in [-0.2, -0.15) is 0 Å². The van der Waals surface area contributed by atoms with Crippen LogP contribution in [0.15, 0.2) is 30.3 Å². The standard InChI is InChI=1S/C15H16N2O7/c18-9-10(19)12(15(22)23)24-14(11(9)20)17-13(21)8-5-6-3-1-2-4-7(6)16-8/h1-5,9-12,14,16,18-20H,(H,17,21)(H,22,23)/t9-,10-,11+,12-,14?/m0/s1. The fraction of sp³-hybridized carbons (Fsp3) is 0.333. The van der Waals surface area contributed by atoms with Crippen molar-refractivity contribution in [1.82, 2.24) is 10.3 Å². The van der Waals surface area contributed by atoms with E-state index in [9.17, 15) is 24.9 Å². The van der Waals surface area contributed by atoms with Crippen LogP contribution in [0.3, 0.4) is 0 Å². The van der Waals surface area contributed by atoms with Crippen LogP contribution in [0.5, 0.6) is 0 Å². The topological polar surface area (TPSA) is 152 Å². The number of hydrogen-bond donors (Lipinski definition) is 6. The van der Waals surface area contributed by atoms with Gasteiger partial charge in [0.15, 0.2) is 12.3 Å². The Morgan fingerprint density at radius 1 is 1.08 bits per heavy atom. The van der Waals surface area contributed by atoms with Gasteiger partial charge in [-0.1, -0.05) is 18.2 Å². The van der Waals surface area contributed by atoms with Crippen LogP contribution in [0.1, 0.15) is 10.5 Å². The fourth-order valence-electron chi connectivity index (χ4n) is 2.61. The molecule has 3 rings (SSSR count). The van der Waals surface area contributed by atoms with Gasteiger partial charge in [0, 0.05) is 10.9 Å². The first-order valence-corrected chi connectivity index (χ1v) is 7.19. The van der Waals surface area contributed by atoms with Crippen molar-refractivity contribution in [2.24, 2.45) is 0 Å². The molecule has 6 N–H and O–H groups in total. The second-order valence-electron chi connectivity index (χ2n) is 5.53. The molecule has 128 valence electrons. The summed E-state index contributed by atoms with van der Waals surface area (Å²) in [5, 5.41) is 41.3. The number of fused-ring (bicyclic) bond motifs is 1. The highest BCUT2D eigenvalue weighted by molar-refractivity contribution is 5.98. The summed E-state index contributed by atoms with van der Waals surface area (Å²) in [5.41, 5.74) is 0.908. The lowest BCUT2D eigenvalue weighted by atomic mass is 9.98. The van der Waals surface area contributed by atoms with Crippen molar-refractivity contribution in [2.45, 2.75) is 30.6 Å². The average molecular weight is 336 g/mol. The van der Waals surface area contributed by atoms with E-state index in [1.807, 2.05) is 0 Å². The minimum absolute atomic E-state index is 0.180. The molecule has 1 aromatic carbocycles. The number of benzene rings is 1. The van der Waals surface area contributed by atoms with E-state index in [0.29, 0.717) is 0 Å². The molecule has 9 heteroatoms. The average Bonchev–Trinajstić information content (AvgIpc) is 2.99. The third kappa shape index (κ3) is 2.85. The molecule has 9 nitrogen and oxygen atoms in total. The molecule has 0 bridgehead atoms. The number of aliphatic carboxylic acids is 1. The molecular formula is C15H16N2O7. The summed E-state index contributed by atoms with van der Waals surface area (Å²) in [7, 11) is 0. The summed E-state index contributed by atoms with van der Waals surface area (Å²) in [6.45, 7) is 0. The molecule has 1 fully saturated rings. The first-order valence-electron chi connectivity index (χ1n) is 7.19. The van der Waals surface area contributed by atoms with E-state index in [-0.39, 0.29) is 5.69 Å². The Kier molecular flexibility index (Phi) is 4.24. The molecule has 5 atom stereocenters. The number of hydrogen-bond acceptors (Lipinski definition) is 6. The second kappa shape index (κ2) is 6.21. The molecule has 1 unspecified atom stereocenters. The lowest BCUT2D eigenvalue weighted by Gasteiger charge is -2.38. The number of ether oxygens (including phenoxy) is 1. The molecule has 0 aliphatic carbocycles. The van der Waals surface area contributed by atoms with E-state index in [0.717, 1.165) is 10.9 Å². The Morgan fingerprint density at radius 3 is 2.46 bits per heavy atom. The summed E-state index contributed by atoms with van der Waals surface area (Å²) < 4.78 is 5.00. The van der Waals surface area contributed by atoms with Crippen LogP contribution in [0, 0.1) is 0 Å². The summed E-state index contributed by atoms with van der Waals surface area (Å²) in [6, 6.07) is 8.76. The summed E-state index contributed by atoms with van der Waals surface area (Å²) in [5.74, 6) is -2.17. The molecule has 24 heavy (non-hydrogen) atoms. The number of aliphatic hydroxyl groups is 3. The van der Waals surface area contributed by atoms with Crippen LogP contribution in [0.2, 0.25) is 0 Å². The number of carboxylic acids is 1. The van der Waals surface area contributed by atoms with Crippen LogP contribution < -0.4 is 5.32 Å². The second-order valence-corrected chi connectivity index (χ2v) is 5.53. The van der Waals surface area contributed by atoms with Gasteiger partial charge in [0.2, 0.25) is 0 Å². The molecule has 0 spiro atoms. The molecule has 2 heterocycles. The van der Waals surface area contributed by atoms with Gasteiger partial charge in [-0.25, -0.2) is 4.79 Å². The maximum Gasteiger partial charge on any atom is 0.335 e. The van der Waals surface area contributed by atoms with Gasteiger partial charge in [0.25, 0.3) is 5.91 Å². The van der Waals surface area contributed by atoms with Crippen molar-refractivity contribution < 1.29 is 34.8 Å². The number of H-pyrrole nitrogens is 1. The summed E-state index contributed by atoms with van der Waals surface area (Å²) >= 11 is 0. The molecule has 0 saturated carbocycles. The zero-order valence-corrected chi connectivity index (χ0v) is 12.3. The number of para-hydroxylation sites is 1. The number of carboxylic acid groups (broad SMARTS) is 1. The van der Waals surface area contributed by atoms with E-state index >= 15 is 0 Å². The van der Waals surface area contributed by atoms with Crippen LogP contribution in [0.25, 0.3) is 10.9 Å². The third-order valence-corrected chi connectivity index (χ3v) is 3.90. The van der Waals surface area contributed by atoms with Gasteiger partial charge in [-0.3, -0.25) is 4.79 Å². The van der Waals surface area contributed by atoms with Crippen molar-refractivity contribution in [1.29, 1.82) is 0 Å². The molecule has 2 aromatic rings. The highest BCUT2D eigenvalue weighted by Gasteiger charge is 2.47. The Balaban J connectivity index is 1.78. The quantitative estimate of drug-likeness (QED) is 0.411. The molecule has 1 amide bonds. The van der Waals surface area contributed by atoms with E-state index in [4.69, 9.17) is 9.84 Å². The smallest absolute Gasteiger partial charge is 0.335 e. The van der Waals surface area contributed by atoms with Crippen molar-refractivity contribution in [3.05, 3.63) is 36.0 Å². The van der Waals surface area contributed by atoms with Crippen molar-refractivity contribution in [2.75, 3.05) is 0 Å². The molecular weight excluding hydrogens is 320 g/mol. The zero-order chi connectivity index (χ0) is 17.4. The molecule has 1 aliphatic rings. The Morgan fingerprint density at radius 2 is 1.79 bits per heavy atom. The number of aromatic amines is 1. The highest BCUT2D eigenvalue weighted by Crippen LogP contribution is 2.21. The number of rotatable bonds is 3. The van der Waals surface area contributed by atoms with E-state index in [2.05, 4.69) is 10.3 Å². The third-order valence-electron chi connectivity index (χ3n) is 3.90. The number of amides is 1. The predicted molar refractivity (Wildman–Crippen MR) is 80.1 cm³/mol. The van der Waals surface area contributed by atoms with Crippen LogP contribution in [-0.2, 0) is 9.53 Å². The molecule has 0 radical (unpaired) electrons. The van der Waals surface area contributed by atoms with Crippen LogP contribution in [0.4, 0.5) is 0 Å². The van der Waals surface area contributed by atoms with Gasteiger partial charge in [-0.05, 0) is 12.1 Å². The Bertz CT molecular complexity index is 741. The maximum absolute atomic E-state index is 12.3. The van der Waals surface area contributed by atoms with Gasteiger partial charge in [0.1, 0.15) is 24.0 Å². The number of aromatic nitrogens is 1. The predicted octanol–water partition coefficient (Wildman–Crippen LogP) is -1.21. The SMILES string of the molecule is O=C(NC1O[C@H](C(=O)O)[C@@H](O)[C@H](O)[C@H]1O)c1cc2ccccc2[nH]1. The number of nitrogens with one attached hydrogen (secondary N) is 2. The monoisotopic (exact) mass is 336 g/mol. The maximum atomic E-state index is 12.3. The van der Waals surface area contributed by atoms with E-state index in [1.165, 1.54) is 0 Å². The van der Waals surface area contributed by atoms with Gasteiger partial charge in [-0.15, -0.1) is 0 Å². The van der Waals surface area contributed by atoms with Crippen LogP contribution in [-0.4, -0.2) is 67.9 Å². The number of aliphatic hydroxyl groups excluding tert-OH is 3. The highest BCUT2D eigenvalue weighted by atomic mass is 16.6. The van der Waals surface area contributed by atoms with Crippen molar-refractivity contribution in [3.63, 3.8) is 0 Å². The normalized spacial score (nSPS) is 30.2. The lowest BCUT2D eigenvalue weighted by molar-refractivity contribution is -0.231. The Labute approximate surface area is 135 Å². The Hall–Kier alpha value is -2.46. The zero-order valence-electron chi connectivity index (χ0n) is 12.3. The summed E-state index contributed by atoms with van der Waals surface area (Å²) in [6.07, 6.45) is -8.50. The van der Waals surface area contributed by atoms with Gasteiger partial charge >= 0.3 is 5.97 Å². The first-order chi connectivity index (χ1) is 11.4. The molecule has 1 aliphatic heterocycles. The number of carbonyl (C=O) groups is 2. The molecule has 1 saturated heterocycles. The lowest BCUT2D eigenvalue weighted by Crippen LogP contribution is -2.64. The molecule has 1 aromatic heterocycles. The van der Waals surface area contributed by atoms with E-state index < -0.39 is 42.5 Å². The minimum atomic E-state index is -1.81. The fourth-order valence-corrected chi connectivity index (χ4v) is 2.61. The first kappa shape index (κ1) is 16.4. The van der Waals surface area contributed by atoms with E-state index in [1.54, 1.807) is 30.3 Å². The van der Waals surface area contributed by atoms with Gasteiger partial charge < -0.3 is 35.5 Å². The van der Waals surface area contributed by atoms with Gasteiger partial charge in [0.05, 0.1) is 0 Å². The van der Waals surface area contributed by atoms with Crippen molar-refractivity contribution in [3.8, 4) is 0 Å². The van der Waals surface area contributed by atoms with Crippen LogP contribution >= 0.6 is 0 Å². The van der Waals surface area contributed by atoms with Crippen molar-refractivity contribution >= 4 is 22.8 Å². The largest absolute Gasteiger partial charge is 0.479 e.